The van der Waals surface area contributed by atoms with Crippen molar-refractivity contribution in [3.05, 3.63) is 35.4 Å². The van der Waals surface area contributed by atoms with Crippen LogP contribution < -0.4 is 5.73 Å². The summed E-state index contributed by atoms with van der Waals surface area (Å²) in [4.78, 5) is 2.72. The second kappa shape index (κ2) is 8.47. The highest BCUT2D eigenvalue weighted by Gasteiger charge is 2.16. The van der Waals surface area contributed by atoms with Crippen molar-refractivity contribution in [1.29, 1.82) is 0 Å². The lowest BCUT2D eigenvalue weighted by Gasteiger charge is -2.28. The van der Waals surface area contributed by atoms with Crippen LogP contribution in [0.15, 0.2) is 24.3 Å². The third kappa shape index (κ3) is 6.55. The van der Waals surface area contributed by atoms with Crippen LogP contribution in [0.2, 0.25) is 0 Å². The molecule has 3 N–H and O–H groups in total. The Morgan fingerprint density at radius 1 is 1.05 bits per heavy atom. The first kappa shape index (κ1) is 18.1. The van der Waals surface area contributed by atoms with E-state index in [0.29, 0.717) is 23.4 Å². The van der Waals surface area contributed by atoms with Crippen LogP contribution in [-0.2, 0) is 0 Å². The zero-order valence-electron chi connectivity index (χ0n) is 13.5. The highest BCUT2D eigenvalue weighted by molar-refractivity contribution is 7.80. The summed E-state index contributed by atoms with van der Waals surface area (Å²) in [6, 6.07) is 7.55. The minimum absolute atomic E-state index is 0.386. The van der Waals surface area contributed by atoms with E-state index < -0.39 is 6.10 Å². The minimum Gasteiger partial charge on any atom is -0.389 e. The lowest BCUT2D eigenvalue weighted by Crippen LogP contribution is -2.35. The SMILES string of the molecule is CC(C)CN(CC(C)C)CC(O)c1ccc(C(N)=S)cc1. The van der Waals surface area contributed by atoms with Crippen molar-refractivity contribution >= 4 is 17.2 Å². The van der Waals surface area contributed by atoms with Gasteiger partial charge in [0, 0.05) is 25.2 Å². The molecule has 1 rings (SSSR count). The van der Waals surface area contributed by atoms with Crippen LogP contribution in [0.3, 0.4) is 0 Å². The van der Waals surface area contributed by atoms with Crippen LogP contribution >= 0.6 is 12.2 Å². The Bertz CT molecular complexity index is 433. The molecule has 21 heavy (non-hydrogen) atoms. The van der Waals surface area contributed by atoms with Crippen molar-refractivity contribution < 1.29 is 5.11 Å². The van der Waals surface area contributed by atoms with Gasteiger partial charge in [-0.2, -0.15) is 0 Å². The Kier molecular flexibility index (Phi) is 7.29. The minimum atomic E-state index is -0.483. The molecule has 0 aliphatic carbocycles. The molecule has 0 heterocycles. The fraction of sp³-hybridized carbons (Fsp3) is 0.588. The monoisotopic (exact) mass is 308 g/mol. The van der Waals surface area contributed by atoms with Crippen molar-refractivity contribution in [2.75, 3.05) is 19.6 Å². The zero-order chi connectivity index (χ0) is 16.0. The highest BCUT2D eigenvalue weighted by atomic mass is 32.1. The summed E-state index contributed by atoms with van der Waals surface area (Å²) in [5.74, 6) is 1.18. The molecule has 0 saturated heterocycles. The van der Waals surface area contributed by atoms with Crippen LogP contribution in [0.25, 0.3) is 0 Å². The van der Waals surface area contributed by atoms with Gasteiger partial charge in [0.1, 0.15) is 4.99 Å². The summed E-state index contributed by atoms with van der Waals surface area (Å²) in [6.45, 7) is 11.5. The van der Waals surface area contributed by atoms with Crippen molar-refractivity contribution in [1.82, 2.24) is 4.90 Å². The molecule has 1 aromatic rings. The number of hydrogen-bond donors (Lipinski definition) is 2. The molecular formula is C17H28N2OS. The van der Waals surface area contributed by atoms with Gasteiger partial charge in [0.05, 0.1) is 6.10 Å². The zero-order valence-corrected chi connectivity index (χ0v) is 14.4. The summed E-state index contributed by atoms with van der Waals surface area (Å²) in [5, 5.41) is 10.4. The molecule has 1 aromatic carbocycles. The van der Waals surface area contributed by atoms with Crippen molar-refractivity contribution in [3.63, 3.8) is 0 Å². The summed E-state index contributed by atoms with van der Waals surface area (Å²) in [5.41, 5.74) is 7.34. The summed E-state index contributed by atoms with van der Waals surface area (Å²) in [6.07, 6.45) is -0.483. The van der Waals surface area contributed by atoms with Gasteiger partial charge < -0.3 is 10.8 Å². The Balaban J connectivity index is 2.71. The number of thiocarbonyl (C=S) groups is 1. The second-order valence-corrected chi connectivity index (χ2v) is 6.95. The Hall–Kier alpha value is -0.970. The van der Waals surface area contributed by atoms with E-state index in [1.807, 2.05) is 24.3 Å². The third-order valence-electron chi connectivity index (χ3n) is 3.26. The van der Waals surface area contributed by atoms with Crippen LogP contribution in [0.4, 0.5) is 0 Å². The van der Waals surface area contributed by atoms with Crippen molar-refractivity contribution in [3.8, 4) is 0 Å². The average Bonchev–Trinajstić information content (AvgIpc) is 2.37. The topological polar surface area (TPSA) is 49.5 Å². The molecule has 0 saturated carbocycles. The van der Waals surface area contributed by atoms with E-state index >= 15 is 0 Å². The molecule has 0 spiro atoms. The summed E-state index contributed by atoms with van der Waals surface area (Å²) >= 11 is 4.94. The Morgan fingerprint density at radius 2 is 1.52 bits per heavy atom. The number of aliphatic hydroxyl groups is 1. The van der Waals surface area contributed by atoms with Gasteiger partial charge in [0.15, 0.2) is 0 Å². The second-order valence-electron chi connectivity index (χ2n) is 6.51. The maximum atomic E-state index is 10.4. The van der Waals surface area contributed by atoms with Crippen molar-refractivity contribution in [2.45, 2.75) is 33.8 Å². The van der Waals surface area contributed by atoms with Crippen LogP contribution in [0, 0.1) is 11.8 Å². The lowest BCUT2D eigenvalue weighted by molar-refractivity contribution is 0.0987. The van der Waals surface area contributed by atoms with Crippen LogP contribution in [-0.4, -0.2) is 34.6 Å². The molecule has 0 fully saturated rings. The highest BCUT2D eigenvalue weighted by Crippen LogP contribution is 2.17. The van der Waals surface area contributed by atoms with E-state index in [9.17, 15) is 5.11 Å². The number of nitrogens with zero attached hydrogens (tertiary/aromatic N) is 1. The summed E-state index contributed by atoms with van der Waals surface area (Å²) < 4.78 is 0. The van der Waals surface area contributed by atoms with E-state index in [2.05, 4.69) is 32.6 Å². The molecule has 0 aliphatic heterocycles. The fourth-order valence-electron chi connectivity index (χ4n) is 2.48. The smallest absolute Gasteiger partial charge is 0.103 e. The van der Waals surface area contributed by atoms with E-state index in [1.165, 1.54) is 0 Å². The molecule has 0 aliphatic rings. The van der Waals surface area contributed by atoms with E-state index in [4.69, 9.17) is 18.0 Å². The lowest BCUT2D eigenvalue weighted by atomic mass is 10.0. The maximum absolute atomic E-state index is 10.4. The number of aliphatic hydroxyl groups excluding tert-OH is 1. The standard InChI is InChI=1S/C17H28N2OS/c1-12(2)9-19(10-13(3)4)11-16(20)14-5-7-15(8-6-14)17(18)21/h5-8,12-13,16,20H,9-11H2,1-4H3,(H2,18,21). The van der Waals surface area contributed by atoms with E-state index in [1.54, 1.807) is 0 Å². The van der Waals surface area contributed by atoms with Gasteiger partial charge in [-0.1, -0.05) is 64.2 Å². The van der Waals surface area contributed by atoms with Gasteiger partial charge in [-0.25, -0.2) is 0 Å². The number of hydrogen-bond acceptors (Lipinski definition) is 3. The maximum Gasteiger partial charge on any atom is 0.103 e. The van der Waals surface area contributed by atoms with Gasteiger partial charge in [-0.05, 0) is 17.4 Å². The van der Waals surface area contributed by atoms with Gasteiger partial charge in [-0.3, -0.25) is 4.90 Å². The molecule has 118 valence electrons. The quantitative estimate of drug-likeness (QED) is 0.725. The molecule has 4 heteroatoms. The molecule has 3 nitrogen and oxygen atoms in total. The normalized spacial score (nSPS) is 13.1. The number of nitrogens with two attached hydrogens (primary N) is 1. The van der Waals surface area contributed by atoms with Gasteiger partial charge in [0.2, 0.25) is 0 Å². The average molecular weight is 308 g/mol. The predicted molar refractivity (Wildman–Crippen MR) is 93.4 cm³/mol. The van der Waals surface area contributed by atoms with E-state index in [-0.39, 0.29) is 0 Å². The Labute approximate surface area is 134 Å². The van der Waals surface area contributed by atoms with Gasteiger partial charge in [0.25, 0.3) is 0 Å². The molecular weight excluding hydrogens is 280 g/mol. The first-order valence-corrected chi connectivity index (χ1v) is 8.00. The first-order valence-electron chi connectivity index (χ1n) is 7.59. The molecule has 0 radical (unpaired) electrons. The molecule has 0 amide bonds. The van der Waals surface area contributed by atoms with E-state index in [0.717, 1.165) is 24.2 Å². The van der Waals surface area contributed by atoms with Gasteiger partial charge >= 0.3 is 0 Å². The largest absolute Gasteiger partial charge is 0.389 e. The van der Waals surface area contributed by atoms with Crippen LogP contribution in [0.5, 0.6) is 0 Å². The molecule has 0 aromatic heterocycles. The number of rotatable bonds is 8. The van der Waals surface area contributed by atoms with Crippen LogP contribution in [0.1, 0.15) is 44.9 Å². The first-order chi connectivity index (χ1) is 9.79. The predicted octanol–water partition coefficient (Wildman–Crippen LogP) is 2.97. The third-order valence-corrected chi connectivity index (χ3v) is 3.49. The van der Waals surface area contributed by atoms with Gasteiger partial charge in [-0.15, -0.1) is 0 Å². The summed E-state index contributed by atoms with van der Waals surface area (Å²) in [7, 11) is 0. The fourth-order valence-corrected chi connectivity index (χ4v) is 2.61. The number of benzene rings is 1. The molecule has 0 bridgehead atoms. The molecule has 1 atom stereocenters. The molecule has 1 unspecified atom stereocenters. The van der Waals surface area contributed by atoms with Crippen molar-refractivity contribution in [2.24, 2.45) is 17.6 Å². The Morgan fingerprint density at radius 3 is 1.90 bits per heavy atom.